The van der Waals surface area contributed by atoms with Crippen LogP contribution in [0.1, 0.15) is 18.4 Å². The Morgan fingerprint density at radius 3 is 2.62 bits per heavy atom. The minimum atomic E-state index is -0.856. The Kier molecular flexibility index (Phi) is 5.41. The van der Waals surface area contributed by atoms with Crippen molar-refractivity contribution in [1.82, 2.24) is 4.90 Å². The number of amides is 2. The summed E-state index contributed by atoms with van der Waals surface area (Å²) in [6.07, 6.45) is 1.29. The van der Waals surface area contributed by atoms with Crippen LogP contribution in [0.25, 0.3) is 0 Å². The molecule has 1 aliphatic heterocycles. The molecule has 0 spiro atoms. The van der Waals surface area contributed by atoms with Gasteiger partial charge in [0, 0.05) is 13.1 Å². The summed E-state index contributed by atoms with van der Waals surface area (Å²) in [7, 11) is 0. The number of carboxylic acids is 1. The predicted octanol–water partition coefficient (Wildman–Crippen LogP) is 4.12. The van der Waals surface area contributed by atoms with Gasteiger partial charge in [-0.2, -0.15) is 0 Å². The molecule has 2 aromatic carbocycles. The molecule has 1 fully saturated rings. The number of nitrogens with one attached hydrogen (secondary N) is 1. The number of likely N-dealkylation sites (tertiary alicyclic amines) is 1. The molecule has 1 unspecified atom stereocenters. The highest BCUT2D eigenvalue weighted by atomic mass is 16.5. The third-order valence-corrected chi connectivity index (χ3v) is 4.44. The lowest BCUT2D eigenvalue weighted by molar-refractivity contribution is -0.143. The monoisotopic (exact) mass is 354 g/mol. The zero-order valence-electron chi connectivity index (χ0n) is 14.6. The molecular formula is C20H22N2O4. The van der Waals surface area contributed by atoms with Crippen molar-refractivity contribution in [1.29, 1.82) is 0 Å². The number of hydrogen-bond donors (Lipinski definition) is 2. The van der Waals surface area contributed by atoms with Crippen LogP contribution in [0.5, 0.6) is 11.5 Å². The minimum Gasteiger partial charge on any atom is -0.481 e. The zero-order valence-corrected chi connectivity index (χ0v) is 14.6. The van der Waals surface area contributed by atoms with Crippen molar-refractivity contribution in [3.63, 3.8) is 0 Å². The number of nitrogens with zero attached hydrogens (tertiary/aromatic N) is 1. The van der Waals surface area contributed by atoms with Crippen LogP contribution in [-0.2, 0) is 4.79 Å². The summed E-state index contributed by atoms with van der Waals surface area (Å²) in [6.45, 7) is 2.78. The van der Waals surface area contributed by atoms with E-state index in [-0.39, 0.29) is 12.6 Å². The number of para-hydroxylation sites is 2. The second-order valence-corrected chi connectivity index (χ2v) is 6.46. The quantitative estimate of drug-likeness (QED) is 0.866. The van der Waals surface area contributed by atoms with Crippen LogP contribution in [0.3, 0.4) is 0 Å². The van der Waals surface area contributed by atoms with Crippen LogP contribution < -0.4 is 10.1 Å². The number of piperidine rings is 1. The van der Waals surface area contributed by atoms with E-state index in [0.717, 1.165) is 5.56 Å². The summed E-state index contributed by atoms with van der Waals surface area (Å²) in [5, 5.41) is 12.0. The van der Waals surface area contributed by atoms with Gasteiger partial charge in [0.05, 0.1) is 11.6 Å². The Balaban J connectivity index is 1.70. The number of hydrogen-bond acceptors (Lipinski definition) is 3. The van der Waals surface area contributed by atoms with Gasteiger partial charge in [0.1, 0.15) is 5.75 Å². The summed E-state index contributed by atoms with van der Waals surface area (Å²) in [5.41, 5.74) is 1.69. The number of benzene rings is 2. The third kappa shape index (κ3) is 4.33. The third-order valence-electron chi connectivity index (χ3n) is 4.44. The summed E-state index contributed by atoms with van der Waals surface area (Å²) >= 11 is 0. The van der Waals surface area contributed by atoms with Crippen LogP contribution in [0.2, 0.25) is 0 Å². The summed E-state index contributed by atoms with van der Waals surface area (Å²) < 4.78 is 5.88. The fraction of sp³-hybridized carbons (Fsp3) is 0.300. The van der Waals surface area contributed by atoms with Gasteiger partial charge in [-0.1, -0.05) is 29.8 Å². The van der Waals surface area contributed by atoms with Gasteiger partial charge in [0.25, 0.3) is 0 Å². The Labute approximate surface area is 152 Å². The molecule has 26 heavy (non-hydrogen) atoms. The molecule has 0 saturated carbocycles. The first-order chi connectivity index (χ1) is 12.5. The fourth-order valence-electron chi connectivity index (χ4n) is 2.95. The minimum absolute atomic E-state index is 0.224. The van der Waals surface area contributed by atoms with E-state index in [4.69, 9.17) is 4.74 Å². The van der Waals surface area contributed by atoms with Gasteiger partial charge < -0.3 is 20.1 Å². The molecule has 3 rings (SSSR count). The first kappa shape index (κ1) is 17.8. The highest BCUT2D eigenvalue weighted by Crippen LogP contribution is 2.30. The first-order valence-electron chi connectivity index (χ1n) is 8.65. The lowest BCUT2D eigenvalue weighted by atomic mass is 9.99. The molecule has 0 bridgehead atoms. The number of anilines is 1. The van der Waals surface area contributed by atoms with Crippen LogP contribution in [0.4, 0.5) is 10.5 Å². The molecular weight excluding hydrogens is 332 g/mol. The van der Waals surface area contributed by atoms with E-state index in [9.17, 15) is 14.7 Å². The summed E-state index contributed by atoms with van der Waals surface area (Å²) in [6, 6.07) is 14.5. The van der Waals surface area contributed by atoms with Gasteiger partial charge in [-0.3, -0.25) is 4.79 Å². The van der Waals surface area contributed by atoms with E-state index < -0.39 is 11.9 Å². The van der Waals surface area contributed by atoms with Crippen molar-refractivity contribution >= 4 is 17.7 Å². The SMILES string of the molecule is Cc1ccc(Oc2ccccc2NC(=O)N2CCCC(C(=O)O)C2)cc1. The molecule has 2 N–H and O–H groups in total. The summed E-state index contributed by atoms with van der Waals surface area (Å²) in [5.74, 6) is -0.142. The largest absolute Gasteiger partial charge is 0.481 e. The molecule has 0 aliphatic carbocycles. The average Bonchev–Trinajstić information content (AvgIpc) is 2.65. The van der Waals surface area contributed by atoms with Gasteiger partial charge in [-0.05, 0) is 44.0 Å². The molecule has 1 atom stereocenters. The molecule has 6 nitrogen and oxygen atoms in total. The molecule has 136 valence electrons. The summed E-state index contributed by atoms with van der Waals surface area (Å²) in [4.78, 5) is 25.3. The van der Waals surface area contributed by atoms with Crippen molar-refractivity contribution in [2.45, 2.75) is 19.8 Å². The second kappa shape index (κ2) is 7.91. The lowest BCUT2D eigenvalue weighted by Crippen LogP contribution is -2.44. The lowest BCUT2D eigenvalue weighted by Gasteiger charge is -2.30. The number of aryl methyl sites for hydroxylation is 1. The number of urea groups is 1. The van der Waals surface area contributed by atoms with E-state index in [1.807, 2.05) is 43.3 Å². The molecule has 1 saturated heterocycles. The maximum Gasteiger partial charge on any atom is 0.321 e. The van der Waals surface area contributed by atoms with Crippen molar-refractivity contribution in [3.05, 3.63) is 54.1 Å². The van der Waals surface area contributed by atoms with Crippen LogP contribution in [0, 0.1) is 12.8 Å². The number of aliphatic carboxylic acids is 1. The molecule has 0 aromatic heterocycles. The maximum absolute atomic E-state index is 12.6. The zero-order chi connectivity index (χ0) is 18.5. The van der Waals surface area contributed by atoms with Gasteiger partial charge >= 0.3 is 12.0 Å². The Morgan fingerprint density at radius 1 is 1.15 bits per heavy atom. The van der Waals surface area contributed by atoms with Crippen LogP contribution >= 0.6 is 0 Å². The van der Waals surface area contributed by atoms with Gasteiger partial charge in [0.2, 0.25) is 0 Å². The van der Waals surface area contributed by atoms with Crippen molar-refractivity contribution in [3.8, 4) is 11.5 Å². The number of carboxylic acid groups (broad SMARTS) is 1. The highest BCUT2D eigenvalue weighted by Gasteiger charge is 2.28. The maximum atomic E-state index is 12.6. The average molecular weight is 354 g/mol. The standard InChI is InChI=1S/C20H22N2O4/c1-14-8-10-16(11-9-14)26-18-7-3-2-6-17(18)21-20(25)22-12-4-5-15(13-22)19(23)24/h2-3,6-11,15H,4-5,12-13H2,1H3,(H,21,25)(H,23,24). The fourth-order valence-corrected chi connectivity index (χ4v) is 2.95. The second-order valence-electron chi connectivity index (χ2n) is 6.46. The Morgan fingerprint density at radius 2 is 1.88 bits per heavy atom. The molecule has 1 aliphatic rings. The van der Waals surface area contributed by atoms with Crippen LogP contribution in [0.15, 0.2) is 48.5 Å². The van der Waals surface area contributed by atoms with E-state index in [2.05, 4.69) is 5.32 Å². The van der Waals surface area contributed by atoms with Crippen LogP contribution in [-0.4, -0.2) is 35.1 Å². The molecule has 1 heterocycles. The molecule has 6 heteroatoms. The Hall–Kier alpha value is -3.02. The number of rotatable bonds is 4. The molecule has 2 aromatic rings. The van der Waals surface area contributed by atoms with Gasteiger partial charge in [-0.25, -0.2) is 4.79 Å². The van der Waals surface area contributed by atoms with E-state index in [1.54, 1.807) is 17.0 Å². The molecule has 2 amide bonds. The highest BCUT2D eigenvalue weighted by molar-refractivity contribution is 5.91. The number of ether oxygens (including phenoxy) is 1. The van der Waals surface area contributed by atoms with Crippen molar-refractivity contribution in [2.75, 3.05) is 18.4 Å². The normalized spacial score (nSPS) is 16.8. The van der Waals surface area contributed by atoms with Crippen molar-refractivity contribution in [2.24, 2.45) is 5.92 Å². The van der Waals surface area contributed by atoms with Gasteiger partial charge in [-0.15, -0.1) is 0 Å². The first-order valence-corrected chi connectivity index (χ1v) is 8.65. The number of carbonyl (C=O) groups is 2. The number of carbonyl (C=O) groups excluding carboxylic acids is 1. The van der Waals surface area contributed by atoms with Gasteiger partial charge in [0.15, 0.2) is 5.75 Å². The van der Waals surface area contributed by atoms with E-state index in [1.165, 1.54) is 0 Å². The Bertz CT molecular complexity index is 789. The van der Waals surface area contributed by atoms with E-state index >= 15 is 0 Å². The van der Waals surface area contributed by atoms with E-state index in [0.29, 0.717) is 36.6 Å². The predicted molar refractivity (Wildman–Crippen MR) is 98.6 cm³/mol. The smallest absolute Gasteiger partial charge is 0.321 e. The van der Waals surface area contributed by atoms with Crippen molar-refractivity contribution < 1.29 is 19.4 Å². The topological polar surface area (TPSA) is 78.9 Å². The molecule has 0 radical (unpaired) electrons.